The highest BCUT2D eigenvalue weighted by molar-refractivity contribution is 6.30. The SMILES string of the molecule is O=C(O)CN(Cc1ccc(Cl)cc1F)CC1CC1. The lowest BCUT2D eigenvalue weighted by Gasteiger charge is -2.20. The Bertz CT molecular complexity index is 449. The van der Waals surface area contributed by atoms with Crippen LogP contribution in [0.2, 0.25) is 5.02 Å². The third-order valence-electron chi connectivity index (χ3n) is 2.98. The van der Waals surface area contributed by atoms with Crippen molar-refractivity contribution < 1.29 is 14.3 Å². The number of rotatable bonds is 6. The van der Waals surface area contributed by atoms with Gasteiger partial charge in [0.15, 0.2) is 0 Å². The molecule has 0 spiro atoms. The van der Waals surface area contributed by atoms with E-state index in [0.717, 1.165) is 12.8 Å². The summed E-state index contributed by atoms with van der Waals surface area (Å²) in [7, 11) is 0. The molecule has 18 heavy (non-hydrogen) atoms. The zero-order chi connectivity index (χ0) is 13.1. The Morgan fingerprint density at radius 2 is 2.22 bits per heavy atom. The fourth-order valence-corrected chi connectivity index (χ4v) is 2.09. The molecule has 98 valence electrons. The Balaban J connectivity index is 2.03. The summed E-state index contributed by atoms with van der Waals surface area (Å²) in [4.78, 5) is 12.6. The number of nitrogens with zero attached hydrogens (tertiary/aromatic N) is 1. The van der Waals surface area contributed by atoms with Gasteiger partial charge in [0, 0.05) is 23.7 Å². The van der Waals surface area contributed by atoms with Gasteiger partial charge in [-0.05, 0) is 30.9 Å². The van der Waals surface area contributed by atoms with Gasteiger partial charge in [-0.25, -0.2) is 4.39 Å². The van der Waals surface area contributed by atoms with Crippen molar-refractivity contribution in [3.8, 4) is 0 Å². The van der Waals surface area contributed by atoms with E-state index in [1.165, 1.54) is 6.07 Å². The number of carboxylic acid groups (broad SMARTS) is 1. The molecule has 0 unspecified atom stereocenters. The average molecular weight is 272 g/mol. The summed E-state index contributed by atoms with van der Waals surface area (Å²) in [5.74, 6) is -0.696. The van der Waals surface area contributed by atoms with E-state index in [2.05, 4.69) is 0 Å². The van der Waals surface area contributed by atoms with Crippen molar-refractivity contribution in [2.75, 3.05) is 13.1 Å². The molecule has 0 heterocycles. The minimum Gasteiger partial charge on any atom is -0.480 e. The van der Waals surface area contributed by atoms with Gasteiger partial charge in [-0.15, -0.1) is 0 Å². The van der Waals surface area contributed by atoms with E-state index in [0.29, 0.717) is 29.6 Å². The van der Waals surface area contributed by atoms with Gasteiger partial charge in [-0.1, -0.05) is 17.7 Å². The van der Waals surface area contributed by atoms with Crippen LogP contribution in [-0.4, -0.2) is 29.1 Å². The van der Waals surface area contributed by atoms with E-state index >= 15 is 0 Å². The Kier molecular flexibility index (Phi) is 4.19. The normalized spacial score (nSPS) is 15.1. The number of benzene rings is 1. The second-order valence-electron chi connectivity index (χ2n) is 4.74. The van der Waals surface area contributed by atoms with Crippen molar-refractivity contribution in [1.29, 1.82) is 0 Å². The van der Waals surface area contributed by atoms with E-state index in [4.69, 9.17) is 16.7 Å². The Morgan fingerprint density at radius 1 is 1.50 bits per heavy atom. The number of halogens is 2. The standard InChI is InChI=1S/C13H15ClFNO2/c14-11-4-3-10(12(15)5-11)7-16(8-13(17)18)6-9-1-2-9/h3-5,9H,1-2,6-8H2,(H,17,18). The highest BCUT2D eigenvalue weighted by atomic mass is 35.5. The predicted molar refractivity (Wildman–Crippen MR) is 67.0 cm³/mol. The molecule has 1 N–H and O–H groups in total. The predicted octanol–water partition coefficient (Wildman–Crippen LogP) is 2.78. The van der Waals surface area contributed by atoms with Gasteiger partial charge in [-0.3, -0.25) is 9.69 Å². The first kappa shape index (κ1) is 13.3. The van der Waals surface area contributed by atoms with Crippen LogP contribution in [0.15, 0.2) is 18.2 Å². The molecule has 0 aliphatic heterocycles. The van der Waals surface area contributed by atoms with E-state index in [1.807, 2.05) is 0 Å². The Hall–Kier alpha value is -1.13. The van der Waals surface area contributed by atoms with Crippen molar-refractivity contribution in [3.63, 3.8) is 0 Å². The molecule has 0 saturated heterocycles. The smallest absolute Gasteiger partial charge is 0.317 e. The van der Waals surface area contributed by atoms with Crippen LogP contribution in [0.25, 0.3) is 0 Å². The molecule has 3 nitrogen and oxygen atoms in total. The van der Waals surface area contributed by atoms with Gasteiger partial charge < -0.3 is 5.11 Å². The summed E-state index contributed by atoms with van der Waals surface area (Å²) in [6.07, 6.45) is 2.28. The maximum Gasteiger partial charge on any atom is 0.317 e. The highest BCUT2D eigenvalue weighted by Gasteiger charge is 2.25. The van der Waals surface area contributed by atoms with E-state index in [-0.39, 0.29) is 12.4 Å². The van der Waals surface area contributed by atoms with Crippen LogP contribution in [0.4, 0.5) is 4.39 Å². The third-order valence-corrected chi connectivity index (χ3v) is 3.22. The van der Waals surface area contributed by atoms with Gasteiger partial charge in [0.2, 0.25) is 0 Å². The number of aliphatic carboxylic acids is 1. The first-order valence-electron chi connectivity index (χ1n) is 5.92. The fraction of sp³-hybridized carbons (Fsp3) is 0.462. The maximum absolute atomic E-state index is 13.6. The third kappa shape index (κ3) is 3.96. The summed E-state index contributed by atoms with van der Waals surface area (Å²) in [5.41, 5.74) is 0.487. The highest BCUT2D eigenvalue weighted by Crippen LogP contribution is 2.30. The first-order valence-corrected chi connectivity index (χ1v) is 6.30. The molecule has 0 amide bonds. The van der Waals surface area contributed by atoms with Crippen LogP contribution >= 0.6 is 11.6 Å². The van der Waals surface area contributed by atoms with Gasteiger partial charge >= 0.3 is 5.97 Å². The molecule has 1 aliphatic rings. The lowest BCUT2D eigenvalue weighted by atomic mass is 10.2. The number of carbonyl (C=O) groups is 1. The largest absolute Gasteiger partial charge is 0.480 e. The molecule has 1 aromatic rings. The maximum atomic E-state index is 13.6. The van der Waals surface area contributed by atoms with Crippen molar-refractivity contribution in [1.82, 2.24) is 4.90 Å². The van der Waals surface area contributed by atoms with Crippen molar-refractivity contribution in [3.05, 3.63) is 34.6 Å². The lowest BCUT2D eigenvalue weighted by Crippen LogP contribution is -2.31. The molecular formula is C13H15ClFNO2. The second kappa shape index (κ2) is 5.67. The van der Waals surface area contributed by atoms with E-state index < -0.39 is 5.97 Å². The molecule has 1 aliphatic carbocycles. The molecule has 0 bridgehead atoms. The summed E-state index contributed by atoms with van der Waals surface area (Å²) in [5, 5.41) is 9.20. The summed E-state index contributed by atoms with van der Waals surface area (Å²) in [6.45, 7) is 0.971. The van der Waals surface area contributed by atoms with Gasteiger partial charge in [0.05, 0.1) is 6.54 Å². The van der Waals surface area contributed by atoms with Crippen LogP contribution < -0.4 is 0 Å². The van der Waals surface area contributed by atoms with Crippen molar-refractivity contribution >= 4 is 17.6 Å². The van der Waals surface area contributed by atoms with E-state index in [1.54, 1.807) is 17.0 Å². The van der Waals surface area contributed by atoms with Crippen LogP contribution in [0, 0.1) is 11.7 Å². The topological polar surface area (TPSA) is 40.5 Å². The molecule has 5 heteroatoms. The first-order chi connectivity index (χ1) is 8.54. The molecule has 0 radical (unpaired) electrons. The lowest BCUT2D eigenvalue weighted by molar-refractivity contribution is -0.138. The van der Waals surface area contributed by atoms with Crippen molar-refractivity contribution in [2.45, 2.75) is 19.4 Å². The Labute approximate surface area is 110 Å². The summed E-state index contributed by atoms with van der Waals surface area (Å²) < 4.78 is 13.6. The van der Waals surface area contributed by atoms with Crippen LogP contribution in [0.3, 0.4) is 0 Å². The molecular weight excluding hydrogens is 257 g/mol. The van der Waals surface area contributed by atoms with E-state index in [9.17, 15) is 9.18 Å². The number of carboxylic acids is 1. The number of hydrogen-bond acceptors (Lipinski definition) is 2. The van der Waals surface area contributed by atoms with Crippen molar-refractivity contribution in [2.24, 2.45) is 5.92 Å². The van der Waals surface area contributed by atoms with Crippen LogP contribution in [0.1, 0.15) is 18.4 Å². The average Bonchev–Trinajstić information content (AvgIpc) is 3.05. The molecule has 1 saturated carbocycles. The minimum atomic E-state index is -0.884. The molecule has 1 fully saturated rings. The van der Waals surface area contributed by atoms with Crippen LogP contribution in [0.5, 0.6) is 0 Å². The molecule has 0 atom stereocenters. The van der Waals surface area contributed by atoms with Crippen LogP contribution in [-0.2, 0) is 11.3 Å². The number of hydrogen-bond donors (Lipinski definition) is 1. The van der Waals surface area contributed by atoms with Gasteiger partial charge in [0.25, 0.3) is 0 Å². The Morgan fingerprint density at radius 3 is 2.78 bits per heavy atom. The molecule has 1 aromatic carbocycles. The summed E-state index contributed by atoms with van der Waals surface area (Å²) in [6, 6.07) is 4.49. The molecule has 2 rings (SSSR count). The zero-order valence-corrected chi connectivity index (χ0v) is 10.7. The fourth-order valence-electron chi connectivity index (χ4n) is 1.93. The zero-order valence-electron chi connectivity index (χ0n) is 9.90. The second-order valence-corrected chi connectivity index (χ2v) is 5.18. The minimum absolute atomic E-state index is 0.0570. The quantitative estimate of drug-likeness (QED) is 0.865. The van der Waals surface area contributed by atoms with Gasteiger partial charge in [-0.2, -0.15) is 0 Å². The molecule has 0 aromatic heterocycles. The monoisotopic (exact) mass is 271 g/mol. The van der Waals surface area contributed by atoms with Gasteiger partial charge in [0.1, 0.15) is 5.82 Å². The summed E-state index contributed by atoms with van der Waals surface area (Å²) >= 11 is 5.68.